The molecule has 3 aromatic heterocycles. The highest BCUT2D eigenvalue weighted by molar-refractivity contribution is 7.09. The number of hydrogen-bond acceptors (Lipinski definition) is 5. The van der Waals surface area contributed by atoms with Gasteiger partial charge >= 0.3 is 0 Å². The van der Waals surface area contributed by atoms with Crippen LogP contribution in [0.15, 0.2) is 35.7 Å². The standard InChI is InChI=1S/C20H21N5OS/c1-4-18(26)24(12-17-6-5-7-27-17)11-16-10-15-9-13(2)8-14(3)19(15)25-20(16)21-22-23-25/h5-10H,4,11-12H2,1-3H3. The Kier molecular flexibility index (Phi) is 4.61. The number of aryl methyl sites for hydroxylation is 2. The van der Waals surface area contributed by atoms with Gasteiger partial charge < -0.3 is 4.90 Å². The van der Waals surface area contributed by atoms with Crippen molar-refractivity contribution in [3.8, 4) is 0 Å². The molecule has 0 aliphatic rings. The molecule has 0 bridgehead atoms. The topological polar surface area (TPSA) is 63.4 Å². The number of nitrogens with zero attached hydrogens (tertiary/aromatic N) is 5. The van der Waals surface area contributed by atoms with E-state index in [-0.39, 0.29) is 5.91 Å². The lowest BCUT2D eigenvalue weighted by Crippen LogP contribution is -2.29. The SMILES string of the molecule is CCC(=O)N(Cc1cccs1)Cc1cc2cc(C)cc(C)c2n2nnnc12. The molecule has 0 radical (unpaired) electrons. The summed E-state index contributed by atoms with van der Waals surface area (Å²) in [6.07, 6.45) is 0.471. The molecular weight excluding hydrogens is 358 g/mol. The number of carbonyl (C=O) groups is 1. The van der Waals surface area contributed by atoms with Gasteiger partial charge in [-0.3, -0.25) is 4.79 Å². The van der Waals surface area contributed by atoms with Gasteiger partial charge in [0.2, 0.25) is 5.91 Å². The molecule has 1 amide bonds. The predicted octanol–water partition coefficient (Wildman–Crippen LogP) is 3.89. The minimum Gasteiger partial charge on any atom is -0.333 e. The Labute approximate surface area is 161 Å². The van der Waals surface area contributed by atoms with Crippen LogP contribution in [-0.4, -0.2) is 30.8 Å². The molecule has 0 spiro atoms. The minimum absolute atomic E-state index is 0.120. The van der Waals surface area contributed by atoms with Gasteiger partial charge in [-0.05, 0) is 53.4 Å². The summed E-state index contributed by atoms with van der Waals surface area (Å²) in [5, 5.41) is 15.4. The van der Waals surface area contributed by atoms with Crippen LogP contribution in [0.2, 0.25) is 0 Å². The van der Waals surface area contributed by atoms with Crippen molar-refractivity contribution < 1.29 is 4.79 Å². The van der Waals surface area contributed by atoms with Crippen LogP contribution in [0.5, 0.6) is 0 Å². The molecule has 7 heteroatoms. The first-order valence-corrected chi connectivity index (χ1v) is 9.86. The van der Waals surface area contributed by atoms with Crippen LogP contribution in [-0.2, 0) is 17.9 Å². The fourth-order valence-corrected chi connectivity index (χ4v) is 4.27. The van der Waals surface area contributed by atoms with E-state index < -0.39 is 0 Å². The number of pyridine rings is 1. The number of tetrazole rings is 1. The summed E-state index contributed by atoms with van der Waals surface area (Å²) < 4.78 is 1.79. The van der Waals surface area contributed by atoms with Crippen molar-refractivity contribution in [2.45, 2.75) is 40.3 Å². The highest BCUT2D eigenvalue weighted by atomic mass is 32.1. The van der Waals surface area contributed by atoms with Gasteiger partial charge in [-0.25, -0.2) is 0 Å². The number of amides is 1. The van der Waals surface area contributed by atoms with E-state index in [1.807, 2.05) is 23.3 Å². The Morgan fingerprint density at radius 3 is 2.81 bits per heavy atom. The second-order valence-electron chi connectivity index (χ2n) is 6.79. The zero-order valence-electron chi connectivity index (χ0n) is 15.6. The van der Waals surface area contributed by atoms with E-state index in [0.29, 0.717) is 25.2 Å². The van der Waals surface area contributed by atoms with E-state index in [2.05, 4.69) is 53.6 Å². The molecule has 4 aromatic rings. The average Bonchev–Trinajstić information content (AvgIpc) is 3.31. The number of thiophene rings is 1. The fraction of sp³-hybridized carbons (Fsp3) is 0.300. The third-order valence-corrected chi connectivity index (χ3v) is 5.58. The molecule has 6 nitrogen and oxygen atoms in total. The van der Waals surface area contributed by atoms with E-state index in [1.54, 1.807) is 15.9 Å². The molecule has 0 aliphatic heterocycles. The van der Waals surface area contributed by atoms with Crippen molar-refractivity contribution >= 4 is 33.8 Å². The monoisotopic (exact) mass is 379 g/mol. The van der Waals surface area contributed by atoms with Crippen molar-refractivity contribution in [1.82, 2.24) is 24.9 Å². The van der Waals surface area contributed by atoms with Gasteiger partial charge in [0.25, 0.3) is 0 Å². The zero-order valence-corrected chi connectivity index (χ0v) is 16.5. The number of carbonyl (C=O) groups excluding carboxylic acids is 1. The van der Waals surface area contributed by atoms with Gasteiger partial charge in [0.05, 0.1) is 12.1 Å². The van der Waals surface area contributed by atoms with Gasteiger partial charge in [0.15, 0.2) is 5.65 Å². The number of aromatic nitrogens is 4. The predicted molar refractivity (Wildman–Crippen MR) is 107 cm³/mol. The second-order valence-corrected chi connectivity index (χ2v) is 7.82. The molecule has 4 rings (SSSR count). The quantitative estimate of drug-likeness (QED) is 0.528. The number of fused-ring (bicyclic) bond motifs is 3. The summed E-state index contributed by atoms with van der Waals surface area (Å²) >= 11 is 1.66. The summed E-state index contributed by atoms with van der Waals surface area (Å²) in [6.45, 7) is 7.13. The zero-order chi connectivity index (χ0) is 19.0. The van der Waals surface area contributed by atoms with Gasteiger partial charge in [-0.1, -0.05) is 24.6 Å². The highest BCUT2D eigenvalue weighted by Gasteiger charge is 2.18. The Hall–Kier alpha value is -2.80. The van der Waals surface area contributed by atoms with Crippen molar-refractivity contribution in [3.63, 3.8) is 0 Å². The lowest BCUT2D eigenvalue weighted by molar-refractivity contribution is -0.132. The molecule has 3 heterocycles. The third kappa shape index (κ3) is 3.30. The summed E-state index contributed by atoms with van der Waals surface area (Å²) in [5.41, 5.74) is 4.99. The molecule has 0 atom stereocenters. The molecule has 1 aromatic carbocycles. The lowest BCUT2D eigenvalue weighted by atomic mass is 10.0. The molecule has 0 saturated heterocycles. The molecule has 138 valence electrons. The normalized spacial score (nSPS) is 11.4. The van der Waals surface area contributed by atoms with Crippen LogP contribution in [0.4, 0.5) is 0 Å². The maximum Gasteiger partial charge on any atom is 0.222 e. The first kappa shape index (κ1) is 17.6. The smallest absolute Gasteiger partial charge is 0.222 e. The minimum atomic E-state index is 0.120. The molecule has 0 fully saturated rings. The highest BCUT2D eigenvalue weighted by Crippen LogP contribution is 2.25. The second kappa shape index (κ2) is 7.08. The van der Waals surface area contributed by atoms with Crippen molar-refractivity contribution in [1.29, 1.82) is 0 Å². The van der Waals surface area contributed by atoms with Crippen molar-refractivity contribution in [3.05, 3.63) is 57.3 Å². The molecular formula is C20H21N5OS. The first-order valence-electron chi connectivity index (χ1n) is 8.98. The van der Waals surface area contributed by atoms with Crippen LogP contribution in [0, 0.1) is 13.8 Å². The van der Waals surface area contributed by atoms with E-state index in [9.17, 15) is 4.79 Å². The number of benzene rings is 1. The van der Waals surface area contributed by atoms with E-state index in [4.69, 9.17) is 0 Å². The van der Waals surface area contributed by atoms with Crippen LogP contribution in [0.3, 0.4) is 0 Å². The van der Waals surface area contributed by atoms with Crippen molar-refractivity contribution in [2.24, 2.45) is 0 Å². The maximum atomic E-state index is 12.6. The Morgan fingerprint density at radius 1 is 1.22 bits per heavy atom. The molecule has 0 saturated carbocycles. The molecule has 0 N–H and O–H groups in total. The molecule has 0 aliphatic carbocycles. The van der Waals surface area contributed by atoms with Crippen LogP contribution >= 0.6 is 11.3 Å². The summed E-state index contributed by atoms with van der Waals surface area (Å²) in [4.78, 5) is 15.6. The summed E-state index contributed by atoms with van der Waals surface area (Å²) in [7, 11) is 0. The largest absolute Gasteiger partial charge is 0.333 e. The van der Waals surface area contributed by atoms with E-state index in [1.165, 1.54) is 10.4 Å². The number of hydrogen-bond donors (Lipinski definition) is 0. The Morgan fingerprint density at radius 2 is 2.07 bits per heavy atom. The first-order chi connectivity index (χ1) is 13.1. The van der Waals surface area contributed by atoms with Gasteiger partial charge in [-0.15, -0.1) is 16.4 Å². The van der Waals surface area contributed by atoms with Crippen molar-refractivity contribution in [2.75, 3.05) is 0 Å². The van der Waals surface area contributed by atoms with Gasteiger partial charge in [0, 0.05) is 28.8 Å². The average molecular weight is 379 g/mol. The number of rotatable bonds is 5. The maximum absolute atomic E-state index is 12.6. The fourth-order valence-electron chi connectivity index (χ4n) is 3.55. The van der Waals surface area contributed by atoms with Gasteiger partial charge in [-0.2, -0.15) is 4.52 Å². The third-order valence-electron chi connectivity index (χ3n) is 4.72. The Balaban J connectivity index is 1.81. The lowest BCUT2D eigenvalue weighted by Gasteiger charge is -2.22. The van der Waals surface area contributed by atoms with Gasteiger partial charge in [0.1, 0.15) is 0 Å². The van der Waals surface area contributed by atoms with E-state index in [0.717, 1.165) is 22.0 Å². The summed E-state index contributed by atoms with van der Waals surface area (Å²) in [6, 6.07) is 10.5. The Bertz CT molecular complexity index is 1120. The van der Waals surface area contributed by atoms with Crippen LogP contribution < -0.4 is 0 Å². The van der Waals surface area contributed by atoms with Crippen LogP contribution in [0.1, 0.15) is 34.9 Å². The molecule has 27 heavy (non-hydrogen) atoms. The van der Waals surface area contributed by atoms with E-state index >= 15 is 0 Å². The summed E-state index contributed by atoms with van der Waals surface area (Å²) in [5.74, 6) is 0.120. The van der Waals surface area contributed by atoms with Crippen LogP contribution in [0.25, 0.3) is 16.6 Å². The molecule has 0 unspecified atom stereocenters.